The number of carbonyl (C=O) groups is 1. The maximum absolute atomic E-state index is 11.9. The monoisotopic (exact) mass is 300 g/mol. The summed E-state index contributed by atoms with van der Waals surface area (Å²) in [6.07, 6.45) is 3.52. The van der Waals surface area contributed by atoms with Gasteiger partial charge in [0.1, 0.15) is 0 Å². The lowest BCUT2D eigenvalue weighted by molar-refractivity contribution is 0.0937. The Morgan fingerprint density at radius 1 is 1.36 bits per heavy atom. The Hall–Kier alpha value is -2.60. The minimum absolute atomic E-state index is 0.164. The molecule has 0 aliphatic rings. The predicted molar refractivity (Wildman–Crippen MR) is 86.6 cm³/mol. The molecule has 2 rings (SSSR count). The molecular formula is C16H20N4O2. The molecule has 0 unspecified atom stereocenters. The van der Waals surface area contributed by atoms with E-state index in [1.54, 1.807) is 37.7 Å². The molecule has 6 heteroatoms. The Labute approximate surface area is 129 Å². The van der Waals surface area contributed by atoms with Gasteiger partial charge in [-0.05, 0) is 29.8 Å². The minimum atomic E-state index is -0.164. The van der Waals surface area contributed by atoms with Crippen LogP contribution >= 0.6 is 0 Å². The number of nitrogens with zero attached hydrogens (tertiary/aromatic N) is 1. The number of ether oxygens (including phenoxy) is 1. The number of nitrogens with two attached hydrogens (primary N) is 1. The lowest BCUT2D eigenvalue weighted by Crippen LogP contribution is -2.27. The summed E-state index contributed by atoms with van der Waals surface area (Å²) >= 11 is 0. The average molecular weight is 300 g/mol. The zero-order chi connectivity index (χ0) is 15.8. The van der Waals surface area contributed by atoms with Crippen molar-refractivity contribution >= 4 is 17.3 Å². The summed E-state index contributed by atoms with van der Waals surface area (Å²) in [5.41, 5.74) is 8.90. The van der Waals surface area contributed by atoms with Crippen molar-refractivity contribution in [2.75, 3.05) is 31.3 Å². The molecule has 1 heterocycles. The maximum Gasteiger partial charge on any atom is 0.251 e. The number of hydrogen-bond acceptors (Lipinski definition) is 5. The SMILES string of the molecule is COCCNC(=O)c1ccc(NCc2cccnc2)c(N)c1. The largest absolute Gasteiger partial charge is 0.397 e. The number of hydrogen-bond donors (Lipinski definition) is 3. The van der Waals surface area contributed by atoms with Gasteiger partial charge in [0.25, 0.3) is 5.91 Å². The maximum atomic E-state index is 11.9. The van der Waals surface area contributed by atoms with Crippen LogP contribution in [0.5, 0.6) is 0 Å². The highest BCUT2D eigenvalue weighted by atomic mass is 16.5. The third-order valence-electron chi connectivity index (χ3n) is 3.11. The van der Waals surface area contributed by atoms with Gasteiger partial charge in [-0.25, -0.2) is 0 Å². The molecule has 0 radical (unpaired) electrons. The molecule has 0 bridgehead atoms. The van der Waals surface area contributed by atoms with Gasteiger partial charge in [-0.3, -0.25) is 9.78 Å². The number of nitrogens with one attached hydrogen (secondary N) is 2. The molecule has 0 aliphatic carbocycles. The fraction of sp³-hybridized carbons (Fsp3) is 0.250. The molecule has 2 aromatic rings. The Morgan fingerprint density at radius 3 is 2.91 bits per heavy atom. The quantitative estimate of drug-likeness (QED) is 0.534. The summed E-state index contributed by atoms with van der Waals surface area (Å²) in [6.45, 7) is 1.57. The summed E-state index contributed by atoms with van der Waals surface area (Å²) in [7, 11) is 1.59. The van der Waals surface area contributed by atoms with Gasteiger partial charge in [0.15, 0.2) is 0 Å². The first-order valence-electron chi connectivity index (χ1n) is 7.00. The molecule has 0 saturated carbocycles. The molecule has 0 aliphatic heterocycles. The number of amides is 1. The van der Waals surface area contributed by atoms with Gasteiger partial charge < -0.3 is 21.1 Å². The molecule has 4 N–H and O–H groups in total. The van der Waals surface area contributed by atoms with Crippen LogP contribution in [-0.4, -0.2) is 31.2 Å². The third-order valence-corrected chi connectivity index (χ3v) is 3.11. The van der Waals surface area contributed by atoms with Gasteiger partial charge in [0, 0.05) is 38.2 Å². The standard InChI is InChI=1S/C16H20N4O2/c1-22-8-7-19-16(21)13-4-5-15(14(17)9-13)20-11-12-3-2-6-18-10-12/h2-6,9-10,20H,7-8,11,17H2,1H3,(H,19,21). The lowest BCUT2D eigenvalue weighted by Gasteiger charge is -2.11. The molecule has 0 fully saturated rings. The molecule has 0 atom stereocenters. The Morgan fingerprint density at radius 2 is 2.23 bits per heavy atom. The topological polar surface area (TPSA) is 89.3 Å². The second-order valence-corrected chi connectivity index (χ2v) is 4.77. The van der Waals surface area contributed by atoms with Crippen LogP contribution in [0.2, 0.25) is 0 Å². The van der Waals surface area contributed by atoms with Gasteiger partial charge in [-0.15, -0.1) is 0 Å². The van der Waals surface area contributed by atoms with Gasteiger partial charge in [0.05, 0.1) is 18.0 Å². The van der Waals surface area contributed by atoms with Crippen molar-refractivity contribution in [1.29, 1.82) is 0 Å². The summed E-state index contributed by atoms with van der Waals surface area (Å²) < 4.78 is 4.89. The van der Waals surface area contributed by atoms with E-state index in [9.17, 15) is 4.79 Å². The average Bonchev–Trinajstić information content (AvgIpc) is 2.54. The van der Waals surface area contributed by atoms with Crippen molar-refractivity contribution < 1.29 is 9.53 Å². The van der Waals surface area contributed by atoms with E-state index in [-0.39, 0.29) is 5.91 Å². The van der Waals surface area contributed by atoms with E-state index in [1.807, 2.05) is 12.1 Å². The fourth-order valence-electron chi connectivity index (χ4n) is 1.93. The highest BCUT2D eigenvalue weighted by Crippen LogP contribution is 2.20. The Balaban J connectivity index is 1.96. The molecule has 116 valence electrons. The third kappa shape index (κ3) is 4.46. The first-order valence-corrected chi connectivity index (χ1v) is 7.00. The van der Waals surface area contributed by atoms with Crippen molar-refractivity contribution in [3.8, 4) is 0 Å². The van der Waals surface area contributed by atoms with E-state index in [4.69, 9.17) is 10.5 Å². The van der Waals surface area contributed by atoms with E-state index in [0.29, 0.717) is 30.9 Å². The van der Waals surface area contributed by atoms with E-state index < -0.39 is 0 Å². The zero-order valence-corrected chi connectivity index (χ0v) is 12.5. The number of rotatable bonds is 7. The number of pyridine rings is 1. The number of anilines is 2. The Kier molecular flexibility index (Phi) is 5.73. The lowest BCUT2D eigenvalue weighted by atomic mass is 10.1. The molecule has 1 aromatic heterocycles. The van der Waals surface area contributed by atoms with E-state index in [2.05, 4.69) is 15.6 Å². The first-order chi connectivity index (χ1) is 10.7. The van der Waals surface area contributed by atoms with Crippen molar-refractivity contribution in [2.45, 2.75) is 6.54 Å². The normalized spacial score (nSPS) is 10.2. The van der Waals surface area contributed by atoms with Gasteiger partial charge >= 0.3 is 0 Å². The number of aromatic nitrogens is 1. The van der Waals surface area contributed by atoms with E-state index in [1.165, 1.54) is 0 Å². The molecule has 22 heavy (non-hydrogen) atoms. The number of nitrogen functional groups attached to an aromatic ring is 1. The van der Waals surface area contributed by atoms with Crippen LogP contribution in [0.25, 0.3) is 0 Å². The number of carbonyl (C=O) groups excluding carboxylic acids is 1. The molecule has 0 spiro atoms. The minimum Gasteiger partial charge on any atom is -0.397 e. The van der Waals surface area contributed by atoms with Crippen LogP contribution in [0.3, 0.4) is 0 Å². The van der Waals surface area contributed by atoms with Crippen molar-refractivity contribution in [3.05, 3.63) is 53.9 Å². The second kappa shape index (κ2) is 7.99. The molecule has 1 aromatic carbocycles. The smallest absolute Gasteiger partial charge is 0.251 e. The second-order valence-electron chi connectivity index (χ2n) is 4.77. The highest BCUT2D eigenvalue weighted by Gasteiger charge is 2.07. The fourth-order valence-corrected chi connectivity index (χ4v) is 1.93. The molecule has 0 saturated heterocycles. The predicted octanol–water partition coefficient (Wildman–Crippen LogP) is 1.65. The van der Waals surface area contributed by atoms with E-state index in [0.717, 1.165) is 11.3 Å². The van der Waals surface area contributed by atoms with Gasteiger partial charge in [-0.1, -0.05) is 6.07 Å². The van der Waals surface area contributed by atoms with Crippen molar-refractivity contribution in [1.82, 2.24) is 10.3 Å². The number of benzene rings is 1. The molecule has 1 amide bonds. The first kappa shape index (κ1) is 15.8. The van der Waals surface area contributed by atoms with E-state index >= 15 is 0 Å². The van der Waals surface area contributed by atoms with Gasteiger partial charge in [-0.2, -0.15) is 0 Å². The van der Waals surface area contributed by atoms with Crippen LogP contribution < -0.4 is 16.4 Å². The molecule has 6 nitrogen and oxygen atoms in total. The van der Waals surface area contributed by atoms with Crippen LogP contribution in [0.1, 0.15) is 15.9 Å². The zero-order valence-electron chi connectivity index (χ0n) is 12.5. The van der Waals surface area contributed by atoms with Gasteiger partial charge in [0.2, 0.25) is 0 Å². The van der Waals surface area contributed by atoms with Crippen LogP contribution in [0.15, 0.2) is 42.7 Å². The van der Waals surface area contributed by atoms with Crippen LogP contribution in [-0.2, 0) is 11.3 Å². The number of methoxy groups -OCH3 is 1. The van der Waals surface area contributed by atoms with Crippen molar-refractivity contribution in [3.63, 3.8) is 0 Å². The van der Waals surface area contributed by atoms with Crippen LogP contribution in [0.4, 0.5) is 11.4 Å². The molecular weight excluding hydrogens is 280 g/mol. The Bertz CT molecular complexity index is 617. The summed E-state index contributed by atoms with van der Waals surface area (Å²) in [6, 6.07) is 9.07. The summed E-state index contributed by atoms with van der Waals surface area (Å²) in [4.78, 5) is 16.0. The summed E-state index contributed by atoms with van der Waals surface area (Å²) in [5.74, 6) is -0.164. The van der Waals surface area contributed by atoms with Crippen LogP contribution in [0, 0.1) is 0 Å². The highest BCUT2D eigenvalue weighted by molar-refractivity contribution is 5.96. The summed E-state index contributed by atoms with van der Waals surface area (Å²) in [5, 5.41) is 5.99. The van der Waals surface area contributed by atoms with Crippen molar-refractivity contribution in [2.24, 2.45) is 0 Å².